The Labute approximate surface area is 156 Å². The van der Waals surface area contributed by atoms with E-state index >= 15 is 0 Å². The highest BCUT2D eigenvalue weighted by Gasteiger charge is 2.27. The predicted molar refractivity (Wildman–Crippen MR) is 101 cm³/mol. The van der Waals surface area contributed by atoms with Gasteiger partial charge >= 0.3 is 0 Å². The Bertz CT molecular complexity index is 777. The van der Waals surface area contributed by atoms with E-state index in [4.69, 9.17) is 0 Å². The van der Waals surface area contributed by atoms with Crippen molar-refractivity contribution in [1.82, 2.24) is 20.8 Å². The molecule has 2 aromatic rings. The van der Waals surface area contributed by atoms with E-state index in [0.717, 1.165) is 37.2 Å². The summed E-state index contributed by atoms with van der Waals surface area (Å²) in [4.78, 5) is 36.9. The largest absolute Gasteiger partial charge is 0.355 e. The van der Waals surface area contributed by atoms with Crippen molar-refractivity contribution in [1.29, 1.82) is 0 Å². The third-order valence-corrected chi connectivity index (χ3v) is 5.91. The molecule has 2 aromatic heterocycles. The van der Waals surface area contributed by atoms with Crippen LogP contribution in [0.25, 0.3) is 0 Å². The summed E-state index contributed by atoms with van der Waals surface area (Å²) < 4.78 is 0. The first-order valence-electron chi connectivity index (χ1n) is 8.79. The molecule has 8 heteroatoms. The number of anilines is 1. The summed E-state index contributed by atoms with van der Waals surface area (Å²) in [5, 5.41) is 0. The van der Waals surface area contributed by atoms with Gasteiger partial charge in [0.1, 0.15) is 5.82 Å². The maximum Gasteiger partial charge on any atom is 0.279 e. The SMILES string of the molecule is CCc1sc(C(=O)NNC(=O)C2CCCN(c3cnccn3)C2)cc1C. The molecular weight excluding hydrogens is 350 g/mol. The molecule has 2 amide bonds. The third kappa shape index (κ3) is 4.19. The number of rotatable bonds is 4. The number of aryl methyl sites for hydroxylation is 2. The molecule has 1 aliphatic heterocycles. The number of hydrazine groups is 1. The molecule has 3 heterocycles. The minimum Gasteiger partial charge on any atom is -0.355 e. The molecule has 1 fully saturated rings. The number of thiophene rings is 1. The Kier molecular flexibility index (Phi) is 5.82. The van der Waals surface area contributed by atoms with E-state index in [1.165, 1.54) is 16.2 Å². The molecule has 1 atom stereocenters. The van der Waals surface area contributed by atoms with Crippen LogP contribution in [0.2, 0.25) is 0 Å². The predicted octanol–water partition coefficient (Wildman–Crippen LogP) is 2.09. The van der Waals surface area contributed by atoms with Crippen molar-refractivity contribution in [3.63, 3.8) is 0 Å². The molecule has 1 unspecified atom stereocenters. The second-order valence-corrected chi connectivity index (χ2v) is 7.50. The Morgan fingerprint density at radius 2 is 2.19 bits per heavy atom. The summed E-state index contributed by atoms with van der Waals surface area (Å²) in [6.45, 7) is 5.48. The molecule has 7 nitrogen and oxygen atoms in total. The van der Waals surface area contributed by atoms with Gasteiger partial charge in [-0.25, -0.2) is 4.98 Å². The molecule has 0 saturated carbocycles. The van der Waals surface area contributed by atoms with Crippen LogP contribution in [-0.4, -0.2) is 34.9 Å². The molecule has 2 N–H and O–H groups in total. The van der Waals surface area contributed by atoms with Gasteiger partial charge < -0.3 is 4.90 Å². The second kappa shape index (κ2) is 8.27. The zero-order valence-corrected chi connectivity index (χ0v) is 15.8. The van der Waals surface area contributed by atoms with Gasteiger partial charge in [-0.3, -0.25) is 25.4 Å². The fraction of sp³-hybridized carbons (Fsp3) is 0.444. The van der Waals surface area contributed by atoms with E-state index in [1.807, 2.05) is 13.0 Å². The standard InChI is InChI=1S/C18H23N5O2S/c1-3-14-12(2)9-15(26-14)18(25)22-21-17(24)13-5-4-8-23(11-13)16-10-19-6-7-20-16/h6-7,9-10,13H,3-5,8,11H2,1-2H3,(H,21,24)(H,22,25). The molecule has 0 aliphatic carbocycles. The summed E-state index contributed by atoms with van der Waals surface area (Å²) in [7, 11) is 0. The van der Waals surface area contributed by atoms with Crippen LogP contribution >= 0.6 is 11.3 Å². The summed E-state index contributed by atoms with van der Waals surface area (Å²) in [5.74, 6) is 0.140. The maximum atomic E-state index is 12.5. The maximum absolute atomic E-state index is 12.5. The molecule has 0 bridgehead atoms. The van der Waals surface area contributed by atoms with Crippen LogP contribution in [0.15, 0.2) is 24.7 Å². The zero-order valence-electron chi connectivity index (χ0n) is 15.0. The van der Waals surface area contributed by atoms with Crippen molar-refractivity contribution in [3.05, 3.63) is 40.0 Å². The molecule has 1 aliphatic rings. The number of nitrogens with one attached hydrogen (secondary N) is 2. The van der Waals surface area contributed by atoms with Crippen molar-refractivity contribution in [2.75, 3.05) is 18.0 Å². The first-order chi connectivity index (χ1) is 12.6. The lowest BCUT2D eigenvalue weighted by Gasteiger charge is -2.32. The highest BCUT2D eigenvalue weighted by Crippen LogP contribution is 2.23. The number of hydrogen-bond donors (Lipinski definition) is 2. The van der Waals surface area contributed by atoms with Gasteiger partial charge in [0.15, 0.2) is 0 Å². The van der Waals surface area contributed by atoms with Gasteiger partial charge in [0.25, 0.3) is 5.91 Å². The molecule has 3 rings (SSSR count). The second-order valence-electron chi connectivity index (χ2n) is 6.36. The van der Waals surface area contributed by atoms with E-state index in [1.54, 1.807) is 18.6 Å². The van der Waals surface area contributed by atoms with Crippen LogP contribution in [0.3, 0.4) is 0 Å². The lowest BCUT2D eigenvalue weighted by atomic mass is 9.97. The Morgan fingerprint density at radius 1 is 1.35 bits per heavy atom. The normalized spacial score (nSPS) is 17.0. The van der Waals surface area contributed by atoms with Crippen molar-refractivity contribution in [3.8, 4) is 0 Å². The smallest absolute Gasteiger partial charge is 0.279 e. The van der Waals surface area contributed by atoms with Crippen LogP contribution in [0, 0.1) is 12.8 Å². The van der Waals surface area contributed by atoms with Crippen LogP contribution in [0.5, 0.6) is 0 Å². The molecule has 138 valence electrons. The summed E-state index contributed by atoms with van der Waals surface area (Å²) in [6.07, 6.45) is 7.56. The Morgan fingerprint density at radius 3 is 2.88 bits per heavy atom. The van der Waals surface area contributed by atoms with E-state index in [-0.39, 0.29) is 17.7 Å². The number of carbonyl (C=O) groups excluding carboxylic acids is 2. The van der Waals surface area contributed by atoms with Gasteiger partial charge in [-0.1, -0.05) is 6.92 Å². The van der Waals surface area contributed by atoms with Gasteiger partial charge in [0.2, 0.25) is 5.91 Å². The fourth-order valence-electron chi connectivity index (χ4n) is 3.12. The average Bonchev–Trinajstić information content (AvgIpc) is 3.07. The number of amides is 2. The molecule has 0 spiro atoms. The van der Waals surface area contributed by atoms with Crippen LogP contribution < -0.4 is 15.8 Å². The highest BCUT2D eigenvalue weighted by molar-refractivity contribution is 7.14. The lowest BCUT2D eigenvalue weighted by Crippen LogP contribution is -2.49. The number of aromatic nitrogens is 2. The van der Waals surface area contributed by atoms with Gasteiger partial charge in [-0.2, -0.15) is 0 Å². The van der Waals surface area contributed by atoms with Gasteiger partial charge in [0, 0.05) is 30.4 Å². The average molecular weight is 373 g/mol. The summed E-state index contributed by atoms with van der Waals surface area (Å²) in [5.41, 5.74) is 6.23. The molecule has 26 heavy (non-hydrogen) atoms. The third-order valence-electron chi connectivity index (χ3n) is 4.53. The van der Waals surface area contributed by atoms with Crippen LogP contribution in [0.4, 0.5) is 5.82 Å². The molecular formula is C18H23N5O2S. The molecule has 1 saturated heterocycles. The van der Waals surface area contributed by atoms with Crippen LogP contribution in [-0.2, 0) is 11.2 Å². The number of hydrogen-bond acceptors (Lipinski definition) is 6. The van der Waals surface area contributed by atoms with Crippen molar-refractivity contribution in [2.24, 2.45) is 5.92 Å². The van der Waals surface area contributed by atoms with E-state index in [0.29, 0.717) is 11.4 Å². The number of nitrogens with zero attached hydrogens (tertiary/aromatic N) is 3. The van der Waals surface area contributed by atoms with Gasteiger partial charge in [0.05, 0.1) is 17.0 Å². The number of carbonyl (C=O) groups is 2. The summed E-state index contributed by atoms with van der Waals surface area (Å²) in [6, 6.07) is 1.86. The van der Waals surface area contributed by atoms with Crippen molar-refractivity contribution >= 4 is 29.0 Å². The quantitative estimate of drug-likeness (QED) is 0.802. The molecule has 0 aromatic carbocycles. The van der Waals surface area contributed by atoms with E-state index in [9.17, 15) is 9.59 Å². The summed E-state index contributed by atoms with van der Waals surface area (Å²) >= 11 is 1.47. The van der Waals surface area contributed by atoms with Gasteiger partial charge in [-0.05, 0) is 37.8 Å². The van der Waals surface area contributed by atoms with Crippen LogP contribution in [0.1, 0.15) is 39.9 Å². The lowest BCUT2D eigenvalue weighted by molar-refractivity contribution is -0.126. The first kappa shape index (κ1) is 18.3. The first-order valence-corrected chi connectivity index (χ1v) is 9.60. The van der Waals surface area contributed by atoms with Crippen molar-refractivity contribution < 1.29 is 9.59 Å². The highest BCUT2D eigenvalue weighted by atomic mass is 32.1. The van der Waals surface area contributed by atoms with E-state index in [2.05, 4.69) is 32.6 Å². The minimum atomic E-state index is -0.271. The fourth-order valence-corrected chi connectivity index (χ4v) is 4.13. The Balaban J connectivity index is 1.55. The topological polar surface area (TPSA) is 87.2 Å². The number of piperidine rings is 1. The monoisotopic (exact) mass is 373 g/mol. The zero-order chi connectivity index (χ0) is 18.5. The van der Waals surface area contributed by atoms with Gasteiger partial charge in [-0.15, -0.1) is 11.3 Å². The molecule has 0 radical (unpaired) electrons. The Hall–Kier alpha value is -2.48. The van der Waals surface area contributed by atoms with E-state index < -0.39 is 0 Å². The minimum absolute atomic E-state index is 0.170. The van der Waals surface area contributed by atoms with Crippen molar-refractivity contribution in [2.45, 2.75) is 33.1 Å².